The minimum absolute atomic E-state index is 0.380. The van der Waals surface area contributed by atoms with Gasteiger partial charge < -0.3 is 14.6 Å². The molecule has 0 saturated carbocycles. The van der Waals surface area contributed by atoms with Crippen LogP contribution in [0.1, 0.15) is 19.8 Å². The number of benzene rings is 1. The molecule has 2 aromatic rings. The lowest BCUT2D eigenvalue weighted by Gasteiger charge is -2.20. The highest BCUT2D eigenvalue weighted by atomic mass is 35.5. The SMILES string of the molecule is CC(NCCn1ccc2c(Cl)cccc21)C1CCCO1. The monoisotopic (exact) mass is 292 g/mol. The van der Waals surface area contributed by atoms with Gasteiger partial charge in [0.1, 0.15) is 0 Å². The Hall–Kier alpha value is -1.03. The molecule has 2 unspecified atom stereocenters. The number of hydrogen-bond donors (Lipinski definition) is 1. The molecule has 4 heteroatoms. The molecule has 108 valence electrons. The van der Waals surface area contributed by atoms with E-state index in [1.807, 2.05) is 12.1 Å². The smallest absolute Gasteiger partial charge is 0.0726 e. The van der Waals surface area contributed by atoms with Crippen molar-refractivity contribution >= 4 is 22.5 Å². The number of ether oxygens (including phenoxy) is 1. The van der Waals surface area contributed by atoms with Crippen LogP contribution in [0.4, 0.5) is 0 Å². The van der Waals surface area contributed by atoms with Gasteiger partial charge in [-0.1, -0.05) is 17.7 Å². The van der Waals surface area contributed by atoms with Crippen LogP contribution in [0.2, 0.25) is 5.02 Å². The molecule has 0 radical (unpaired) electrons. The van der Waals surface area contributed by atoms with E-state index in [1.165, 1.54) is 18.4 Å². The van der Waals surface area contributed by atoms with Crippen molar-refractivity contribution in [1.82, 2.24) is 9.88 Å². The second kappa shape index (κ2) is 6.17. The zero-order chi connectivity index (χ0) is 13.9. The first kappa shape index (κ1) is 13.9. The van der Waals surface area contributed by atoms with Crippen molar-refractivity contribution in [3.63, 3.8) is 0 Å². The van der Waals surface area contributed by atoms with E-state index >= 15 is 0 Å². The highest BCUT2D eigenvalue weighted by molar-refractivity contribution is 6.35. The largest absolute Gasteiger partial charge is 0.377 e. The molecule has 1 aromatic heterocycles. The van der Waals surface area contributed by atoms with E-state index in [-0.39, 0.29) is 0 Å². The van der Waals surface area contributed by atoms with Crippen LogP contribution in [-0.4, -0.2) is 29.9 Å². The maximum absolute atomic E-state index is 6.20. The summed E-state index contributed by atoms with van der Waals surface area (Å²) in [5, 5.41) is 5.51. The molecule has 0 amide bonds. The molecule has 1 aromatic carbocycles. The number of nitrogens with one attached hydrogen (secondary N) is 1. The molecule has 1 aliphatic rings. The topological polar surface area (TPSA) is 26.2 Å². The number of rotatable bonds is 5. The van der Waals surface area contributed by atoms with Gasteiger partial charge in [0.05, 0.1) is 6.10 Å². The third kappa shape index (κ3) is 2.85. The zero-order valence-electron chi connectivity index (χ0n) is 11.8. The lowest BCUT2D eigenvalue weighted by Crippen LogP contribution is -2.38. The van der Waals surface area contributed by atoms with Crippen LogP contribution in [0.5, 0.6) is 0 Å². The average molecular weight is 293 g/mol. The molecule has 20 heavy (non-hydrogen) atoms. The van der Waals surface area contributed by atoms with Gasteiger partial charge in [-0.25, -0.2) is 0 Å². The van der Waals surface area contributed by atoms with Crippen LogP contribution in [0, 0.1) is 0 Å². The average Bonchev–Trinajstić information content (AvgIpc) is 3.09. The fourth-order valence-electron chi connectivity index (χ4n) is 2.92. The third-order valence-corrected chi connectivity index (χ3v) is 4.43. The highest BCUT2D eigenvalue weighted by Gasteiger charge is 2.21. The Morgan fingerprint density at radius 2 is 2.35 bits per heavy atom. The Kier molecular flexibility index (Phi) is 4.29. The fourth-order valence-corrected chi connectivity index (χ4v) is 3.15. The summed E-state index contributed by atoms with van der Waals surface area (Å²) in [5.74, 6) is 0. The van der Waals surface area contributed by atoms with Crippen molar-refractivity contribution in [2.75, 3.05) is 13.2 Å². The summed E-state index contributed by atoms with van der Waals surface area (Å²) in [6.45, 7) is 5.01. The Morgan fingerprint density at radius 3 is 3.15 bits per heavy atom. The maximum Gasteiger partial charge on any atom is 0.0726 e. The molecule has 1 saturated heterocycles. The number of fused-ring (bicyclic) bond motifs is 1. The summed E-state index contributed by atoms with van der Waals surface area (Å²) < 4.78 is 7.95. The normalized spacial score (nSPS) is 20.6. The predicted octanol–water partition coefficient (Wildman–Crippen LogP) is 3.45. The minimum atomic E-state index is 0.380. The van der Waals surface area contributed by atoms with E-state index in [2.05, 4.69) is 35.1 Å². The fraction of sp³-hybridized carbons (Fsp3) is 0.500. The van der Waals surface area contributed by atoms with E-state index in [0.29, 0.717) is 12.1 Å². The predicted molar refractivity (Wildman–Crippen MR) is 83.4 cm³/mol. The molecule has 0 spiro atoms. The molecule has 2 atom stereocenters. The summed E-state index contributed by atoms with van der Waals surface area (Å²) >= 11 is 6.20. The van der Waals surface area contributed by atoms with E-state index in [4.69, 9.17) is 16.3 Å². The van der Waals surface area contributed by atoms with Crippen molar-refractivity contribution in [2.45, 2.75) is 38.5 Å². The van der Waals surface area contributed by atoms with Crippen molar-refractivity contribution in [2.24, 2.45) is 0 Å². The van der Waals surface area contributed by atoms with Gasteiger partial charge in [0, 0.05) is 47.9 Å². The number of nitrogens with zero attached hydrogens (tertiary/aromatic N) is 1. The Balaban J connectivity index is 1.58. The first-order valence-electron chi connectivity index (χ1n) is 7.34. The van der Waals surface area contributed by atoms with Gasteiger partial charge in [-0.3, -0.25) is 0 Å². The van der Waals surface area contributed by atoms with Crippen LogP contribution in [-0.2, 0) is 11.3 Å². The van der Waals surface area contributed by atoms with Crippen molar-refractivity contribution in [3.05, 3.63) is 35.5 Å². The van der Waals surface area contributed by atoms with Crippen molar-refractivity contribution in [3.8, 4) is 0 Å². The van der Waals surface area contributed by atoms with Crippen LogP contribution in [0.25, 0.3) is 10.9 Å². The van der Waals surface area contributed by atoms with Gasteiger partial charge in [-0.2, -0.15) is 0 Å². The van der Waals surface area contributed by atoms with Gasteiger partial charge in [-0.05, 0) is 38.0 Å². The number of halogens is 1. The second-order valence-electron chi connectivity index (χ2n) is 5.48. The van der Waals surface area contributed by atoms with Crippen LogP contribution < -0.4 is 5.32 Å². The summed E-state index contributed by atoms with van der Waals surface area (Å²) in [7, 11) is 0. The minimum Gasteiger partial charge on any atom is -0.377 e. The summed E-state index contributed by atoms with van der Waals surface area (Å²) in [4.78, 5) is 0. The van der Waals surface area contributed by atoms with Gasteiger partial charge in [-0.15, -0.1) is 0 Å². The van der Waals surface area contributed by atoms with Gasteiger partial charge in [0.25, 0.3) is 0 Å². The molecule has 1 fully saturated rings. The standard InChI is InChI=1S/C16H21ClN2O/c1-12(16-6-3-11-20-16)18-8-10-19-9-7-13-14(17)4-2-5-15(13)19/h2,4-5,7,9,12,16,18H,3,6,8,10-11H2,1H3. The molecule has 2 heterocycles. The lowest BCUT2D eigenvalue weighted by atomic mass is 10.1. The zero-order valence-corrected chi connectivity index (χ0v) is 12.6. The number of aromatic nitrogens is 1. The quantitative estimate of drug-likeness (QED) is 0.913. The van der Waals surface area contributed by atoms with Gasteiger partial charge in [0.15, 0.2) is 0 Å². The summed E-state index contributed by atoms with van der Waals surface area (Å²) in [5.41, 5.74) is 1.20. The van der Waals surface area contributed by atoms with E-state index in [9.17, 15) is 0 Å². The van der Waals surface area contributed by atoms with Gasteiger partial charge in [0.2, 0.25) is 0 Å². The van der Waals surface area contributed by atoms with Crippen LogP contribution in [0.15, 0.2) is 30.5 Å². The van der Waals surface area contributed by atoms with Crippen LogP contribution >= 0.6 is 11.6 Å². The highest BCUT2D eigenvalue weighted by Crippen LogP contribution is 2.24. The lowest BCUT2D eigenvalue weighted by molar-refractivity contribution is 0.0835. The molecule has 3 rings (SSSR count). The molecule has 1 aliphatic heterocycles. The Labute approximate surface area is 124 Å². The Bertz CT molecular complexity index is 575. The second-order valence-corrected chi connectivity index (χ2v) is 5.88. The van der Waals surface area contributed by atoms with Gasteiger partial charge >= 0.3 is 0 Å². The number of hydrogen-bond acceptors (Lipinski definition) is 2. The van der Waals surface area contributed by atoms with Crippen molar-refractivity contribution < 1.29 is 4.74 Å². The molecule has 0 bridgehead atoms. The van der Waals surface area contributed by atoms with Crippen LogP contribution in [0.3, 0.4) is 0 Å². The first-order valence-corrected chi connectivity index (χ1v) is 7.72. The summed E-state index contributed by atoms with van der Waals surface area (Å²) in [6.07, 6.45) is 4.86. The van der Waals surface area contributed by atoms with E-state index in [0.717, 1.165) is 30.1 Å². The third-order valence-electron chi connectivity index (χ3n) is 4.10. The summed E-state index contributed by atoms with van der Waals surface area (Å²) in [6, 6.07) is 8.56. The molecule has 0 aliphatic carbocycles. The first-order chi connectivity index (χ1) is 9.75. The maximum atomic E-state index is 6.20. The van der Waals surface area contributed by atoms with E-state index in [1.54, 1.807) is 0 Å². The van der Waals surface area contributed by atoms with Crippen molar-refractivity contribution in [1.29, 1.82) is 0 Å². The molecule has 3 nitrogen and oxygen atoms in total. The molecule has 1 N–H and O–H groups in total. The molecular weight excluding hydrogens is 272 g/mol. The molecular formula is C16H21ClN2O. The van der Waals surface area contributed by atoms with E-state index < -0.39 is 0 Å². The Morgan fingerprint density at radius 1 is 1.45 bits per heavy atom.